The molecular formula is C20H32N4O3. The molecule has 7 nitrogen and oxygen atoms in total. The standard InChI is InChI=1S/C20H32N4O3/c1-11(2)16(15-8-12(3)23-27-15)18(26)24-10-13(25)9-14(24)17-21-19(4,5)20(6,7)22-17/h8,11,13-14,16,25H,9-10H2,1-7H3,(H,21,22)/t13-,14-,16-/m1/s1. The zero-order chi connectivity index (χ0) is 20.1. The predicted octanol–water partition coefficient (Wildman–Crippen LogP) is 2.24. The number of amidine groups is 1. The maximum absolute atomic E-state index is 13.5. The minimum atomic E-state index is -0.556. The average Bonchev–Trinajstić information content (AvgIpc) is 3.16. The minimum Gasteiger partial charge on any atom is -0.391 e. The SMILES string of the molecule is Cc1cc([C@H](C(=O)N2C[C@H](O)C[C@@H]2C2=NC(C)(C)C(C)(C)N2)C(C)C)on1. The Morgan fingerprint density at radius 3 is 2.52 bits per heavy atom. The lowest BCUT2D eigenvalue weighted by molar-refractivity contribution is -0.134. The summed E-state index contributed by atoms with van der Waals surface area (Å²) in [7, 11) is 0. The van der Waals surface area contributed by atoms with E-state index < -0.39 is 12.0 Å². The van der Waals surface area contributed by atoms with Crippen molar-refractivity contribution >= 4 is 11.7 Å². The molecule has 3 atom stereocenters. The van der Waals surface area contributed by atoms with Crippen LogP contribution in [0, 0.1) is 12.8 Å². The minimum absolute atomic E-state index is 0.0466. The molecule has 1 fully saturated rings. The van der Waals surface area contributed by atoms with Crippen molar-refractivity contribution in [3.05, 3.63) is 17.5 Å². The smallest absolute Gasteiger partial charge is 0.234 e. The summed E-state index contributed by atoms with van der Waals surface area (Å²) in [5.74, 6) is 0.937. The van der Waals surface area contributed by atoms with Crippen LogP contribution in [0.1, 0.15) is 65.3 Å². The molecule has 0 saturated carbocycles. The average molecular weight is 377 g/mol. The zero-order valence-corrected chi connectivity index (χ0v) is 17.4. The van der Waals surface area contributed by atoms with Gasteiger partial charge in [0, 0.05) is 19.0 Å². The molecule has 3 heterocycles. The van der Waals surface area contributed by atoms with Gasteiger partial charge < -0.3 is 19.8 Å². The van der Waals surface area contributed by atoms with Crippen LogP contribution in [0.2, 0.25) is 0 Å². The molecule has 1 aromatic rings. The first-order chi connectivity index (χ1) is 12.4. The second-order valence-electron chi connectivity index (χ2n) is 9.29. The van der Waals surface area contributed by atoms with E-state index in [-0.39, 0.29) is 28.9 Å². The van der Waals surface area contributed by atoms with Gasteiger partial charge in [-0.25, -0.2) is 0 Å². The van der Waals surface area contributed by atoms with Crippen molar-refractivity contribution in [2.45, 2.75) is 84.0 Å². The van der Waals surface area contributed by atoms with E-state index in [2.05, 4.69) is 38.2 Å². The van der Waals surface area contributed by atoms with E-state index in [9.17, 15) is 9.90 Å². The topological polar surface area (TPSA) is 91.0 Å². The molecule has 1 amide bonds. The quantitative estimate of drug-likeness (QED) is 0.841. The number of β-amino-alcohol motifs (C(OH)–C–C–N with tert-alkyl or cyclic N) is 1. The van der Waals surface area contributed by atoms with Gasteiger partial charge in [0.25, 0.3) is 0 Å². The van der Waals surface area contributed by atoms with Crippen LogP contribution in [0.25, 0.3) is 0 Å². The lowest BCUT2D eigenvalue weighted by atomic mass is 9.85. The Labute approximate surface area is 161 Å². The van der Waals surface area contributed by atoms with Crippen LogP contribution in [0.15, 0.2) is 15.6 Å². The van der Waals surface area contributed by atoms with Gasteiger partial charge in [0.05, 0.1) is 28.9 Å². The number of aliphatic imine (C=N–C) groups is 1. The third kappa shape index (κ3) is 3.49. The second-order valence-corrected chi connectivity index (χ2v) is 9.29. The number of nitrogens with one attached hydrogen (secondary N) is 1. The van der Waals surface area contributed by atoms with Crippen molar-refractivity contribution in [2.75, 3.05) is 6.54 Å². The highest BCUT2D eigenvalue weighted by molar-refractivity contribution is 5.95. The summed E-state index contributed by atoms with van der Waals surface area (Å²) in [5.41, 5.74) is 0.251. The molecule has 0 bridgehead atoms. The van der Waals surface area contributed by atoms with Crippen LogP contribution >= 0.6 is 0 Å². The number of aliphatic hydroxyl groups is 1. The number of nitrogens with zero attached hydrogens (tertiary/aromatic N) is 3. The molecule has 27 heavy (non-hydrogen) atoms. The van der Waals surface area contributed by atoms with E-state index >= 15 is 0 Å². The first-order valence-electron chi connectivity index (χ1n) is 9.72. The number of amides is 1. The fourth-order valence-electron chi connectivity index (χ4n) is 3.86. The number of hydrogen-bond acceptors (Lipinski definition) is 6. The highest BCUT2D eigenvalue weighted by atomic mass is 16.5. The van der Waals surface area contributed by atoms with Crippen molar-refractivity contribution < 1.29 is 14.4 Å². The summed E-state index contributed by atoms with van der Waals surface area (Å²) >= 11 is 0. The van der Waals surface area contributed by atoms with Gasteiger partial charge in [-0.05, 0) is 40.5 Å². The zero-order valence-electron chi connectivity index (χ0n) is 17.4. The molecule has 0 aromatic carbocycles. The molecule has 0 unspecified atom stereocenters. The van der Waals surface area contributed by atoms with E-state index in [1.165, 1.54) is 0 Å². The maximum atomic E-state index is 13.5. The molecular weight excluding hydrogens is 344 g/mol. The number of hydrogen-bond donors (Lipinski definition) is 2. The first-order valence-corrected chi connectivity index (χ1v) is 9.72. The summed E-state index contributed by atoms with van der Waals surface area (Å²) in [5, 5.41) is 17.8. The van der Waals surface area contributed by atoms with Crippen LogP contribution in [0.3, 0.4) is 0 Å². The van der Waals surface area contributed by atoms with Crippen molar-refractivity contribution in [1.29, 1.82) is 0 Å². The lowest BCUT2D eigenvalue weighted by Gasteiger charge is -2.33. The highest BCUT2D eigenvalue weighted by Gasteiger charge is 2.49. The van der Waals surface area contributed by atoms with Crippen LogP contribution in [-0.4, -0.2) is 56.7 Å². The van der Waals surface area contributed by atoms with Gasteiger partial charge in [-0.1, -0.05) is 19.0 Å². The number of carbonyl (C=O) groups excluding carboxylic acids is 1. The molecule has 3 rings (SSSR count). The van der Waals surface area contributed by atoms with Crippen LogP contribution in [0.4, 0.5) is 0 Å². The summed E-state index contributed by atoms with van der Waals surface area (Å²) in [4.78, 5) is 20.1. The van der Waals surface area contributed by atoms with Crippen molar-refractivity contribution in [1.82, 2.24) is 15.4 Å². The van der Waals surface area contributed by atoms with Gasteiger partial charge in [0.15, 0.2) is 0 Å². The van der Waals surface area contributed by atoms with Crippen LogP contribution < -0.4 is 5.32 Å². The van der Waals surface area contributed by atoms with Crippen molar-refractivity contribution in [3.63, 3.8) is 0 Å². The highest BCUT2D eigenvalue weighted by Crippen LogP contribution is 2.35. The van der Waals surface area contributed by atoms with E-state index in [4.69, 9.17) is 9.52 Å². The van der Waals surface area contributed by atoms with E-state index in [1.807, 2.05) is 26.8 Å². The predicted molar refractivity (Wildman–Crippen MR) is 104 cm³/mol. The Morgan fingerprint density at radius 2 is 2.04 bits per heavy atom. The van der Waals surface area contributed by atoms with E-state index in [0.717, 1.165) is 11.5 Å². The van der Waals surface area contributed by atoms with Crippen LogP contribution in [-0.2, 0) is 4.79 Å². The number of rotatable bonds is 4. The third-order valence-corrected chi connectivity index (χ3v) is 6.13. The number of aromatic nitrogens is 1. The summed E-state index contributed by atoms with van der Waals surface area (Å²) in [6, 6.07) is 1.57. The molecule has 2 N–H and O–H groups in total. The molecule has 1 aromatic heterocycles. The summed E-state index contributed by atoms with van der Waals surface area (Å²) in [6.07, 6.45) is -0.0659. The van der Waals surface area contributed by atoms with Gasteiger partial charge in [-0.2, -0.15) is 0 Å². The van der Waals surface area contributed by atoms with E-state index in [0.29, 0.717) is 18.7 Å². The summed E-state index contributed by atoms with van der Waals surface area (Å²) in [6.45, 7) is 14.5. The van der Waals surface area contributed by atoms with E-state index in [1.54, 1.807) is 4.90 Å². The number of aryl methyl sites for hydroxylation is 1. The van der Waals surface area contributed by atoms with Crippen LogP contribution in [0.5, 0.6) is 0 Å². The molecule has 0 radical (unpaired) electrons. The molecule has 2 aliphatic rings. The molecule has 2 aliphatic heterocycles. The van der Waals surface area contributed by atoms with Gasteiger partial charge in [-0.3, -0.25) is 9.79 Å². The number of aliphatic hydroxyl groups excluding tert-OH is 1. The van der Waals surface area contributed by atoms with Gasteiger partial charge >= 0.3 is 0 Å². The third-order valence-electron chi connectivity index (χ3n) is 6.13. The largest absolute Gasteiger partial charge is 0.391 e. The fraction of sp³-hybridized carbons (Fsp3) is 0.750. The molecule has 0 aliphatic carbocycles. The Bertz CT molecular complexity index is 750. The second kappa shape index (κ2) is 6.62. The van der Waals surface area contributed by atoms with Gasteiger partial charge in [0.2, 0.25) is 5.91 Å². The Morgan fingerprint density at radius 1 is 1.37 bits per heavy atom. The van der Waals surface area contributed by atoms with Crippen molar-refractivity contribution in [2.24, 2.45) is 10.9 Å². The lowest BCUT2D eigenvalue weighted by Crippen LogP contribution is -2.54. The monoisotopic (exact) mass is 376 g/mol. The normalized spacial score (nSPS) is 27.6. The first kappa shape index (κ1) is 19.9. The molecule has 0 spiro atoms. The Kier molecular flexibility index (Phi) is 4.87. The molecule has 150 valence electrons. The molecule has 1 saturated heterocycles. The summed E-state index contributed by atoms with van der Waals surface area (Å²) < 4.78 is 5.42. The number of likely N-dealkylation sites (tertiary alicyclic amines) is 1. The van der Waals surface area contributed by atoms with Gasteiger partial charge in [-0.15, -0.1) is 0 Å². The Balaban J connectivity index is 1.91. The van der Waals surface area contributed by atoms with Gasteiger partial charge in [0.1, 0.15) is 17.5 Å². The fourth-order valence-corrected chi connectivity index (χ4v) is 3.86. The molecule has 7 heteroatoms. The Hall–Kier alpha value is -1.89. The maximum Gasteiger partial charge on any atom is 0.234 e. The van der Waals surface area contributed by atoms with Crippen molar-refractivity contribution in [3.8, 4) is 0 Å². The number of carbonyl (C=O) groups is 1.